The number of thiophene rings is 1. The van der Waals surface area contributed by atoms with E-state index < -0.39 is 0 Å². The van der Waals surface area contributed by atoms with Gasteiger partial charge in [0.1, 0.15) is 0 Å². The Morgan fingerprint density at radius 1 is 1.53 bits per heavy atom. The van der Waals surface area contributed by atoms with Crippen molar-refractivity contribution < 1.29 is 4.79 Å². The molecule has 0 aromatic carbocycles. The van der Waals surface area contributed by atoms with Gasteiger partial charge in [0.15, 0.2) is 0 Å². The Morgan fingerprint density at radius 3 is 2.82 bits per heavy atom. The maximum absolute atomic E-state index is 11.9. The summed E-state index contributed by atoms with van der Waals surface area (Å²) in [4.78, 5) is 15.2. The molecule has 1 fully saturated rings. The molecule has 2 rings (SSSR count). The number of amides is 1. The van der Waals surface area contributed by atoms with Crippen molar-refractivity contribution in [2.45, 2.75) is 32.7 Å². The largest absolute Gasteiger partial charge is 0.350 e. The second-order valence-electron chi connectivity index (χ2n) is 4.73. The summed E-state index contributed by atoms with van der Waals surface area (Å²) in [5.41, 5.74) is 1.07. The van der Waals surface area contributed by atoms with Crippen LogP contribution in [0.3, 0.4) is 0 Å². The number of aryl methyl sites for hydroxylation is 1. The van der Waals surface area contributed by atoms with Gasteiger partial charge in [0, 0.05) is 12.6 Å². The summed E-state index contributed by atoms with van der Waals surface area (Å²) in [7, 11) is 0. The molecule has 1 amide bonds. The normalized spacial score (nSPS) is 18.2. The molecule has 0 unspecified atom stereocenters. The molecule has 3 nitrogen and oxygen atoms in total. The quantitative estimate of drug-likeness (QED) is 0.891. The monoisotopic (exact) mass is 252 g/mol. The van der Waals surface area contributed by atoms with E-state index >= 15 is 0 Å². The van der Waals surface area contributed by atoms with E-state index in [1.807, 2.05) is 18.4 Å². The number of likely N-dealkylation sites (tertiary alicyclic amines) is 1. The van der Waals surface area contributed by atoms with Crippen molar-refractivity contribution in [1.82, 2.24) is 10.2 Å². The minimum atomic E-state index is 0.0727. The van der Waals surface area contributed by atoms with E-state index in [0.717, 1.165) is 17.0 Å². The third-order valence-corrected chi connectivity index (χ3v) is 4.41. The van der Waals surface area contributed by atoms with Gasteiger partial charge in [-0.15, -0.1) is 11.3 Å². The highest BCUT2D eigenvalue weighted by atomic mass is 32.1. The standard InChI is InChI=1S/C13H20N2OS/c1-10-5-8-17-12(10)13(16)14-9-11(2)15-6-3-4-7-15/h5,8,11H,3-4,6-7,9H2,1-2H3,(H,14,16)/t11-/m0/s1. The molecule has 0 radical (unpaired) electrons. The molecule has 1 aromatic rings. The van der Waals surface area contributed by atoms with Crippen LogP contribution in [0.1, 0.15) is 35.0 Å². The van der Waals surface area contributed by atoms with Crippen molar-refractivity contribution in [3.05, 3.63) is 21.9 Å². The van der Waals surface area contributed by atoms with Gasteiger partial charge in [0.05, 0.1) is 4.88 Å². The van der Waals surface area contributed by atoms with Crippen molar-refractivity contribution in [3.63, 3.8) is 0 Å². The lowest BCUT2D eigenvalue weighted by molar-refractivity contribution is 0.0944. The van der Waals surface area contributed by atoms with Crippen molar-refractivity contribution in [3.8, 4) is 0 Å². The first-order valence-electron chi connectivity index (χ1n) is 6.25. The lowest BCUT2D eigenvalue weighted by Gasteiger charge is -2.23. The Bertz CT molecular complexity index is 383. The van der Waals surface area contributed by atoms with Crippen LogP contribution >= 0.6 is 11.3 Å². The van der Waals surface area contributed by atoms with Crippen LogP contribution in [-0.4, -0.2) is 36.5 Å². The molecule has 4 heteroatoms. The van der Waals surface area contributed by atoms with Gasteiger partial charge in [0.25, 0.3) is 5.91 Å². The topological polar surface area (TPSA) is 32.3 Å². The van der Waals surface area contributed by atoms with Crippen LogP contribution < -0.4 is 5.32 Å². The predicted octanol–water partition coefficient (Wildman–Crippen LogP) is 2.27. The van der Waals surface area contributed by atoms with Crippen LogP contribution in [0.2, 0.25) is 0 Å². The highest BCUT2D eigenvalue weighted by molar-refractivity contribution is 7.12. The van der Waals surface area contributed by atoms with E-state index in [4.69, 9.17) is 0 Å². The van der Waals surface area contributed by atoms with Gasteiger partial charge in [-0.2, -0.15) is 0 Å². The predicted molar refractivity (Wildman–Crippen MR) is 71.7 cm³/mol. The van der Waals surface area contributed by atoms with Crippen LogP contribution in [0.15, 0.2) is 11.4 Å². The van der Waals surface area contributed by atoms with Gasteiger partial charge >= 0.3 is 0 Å². The SMILES string of the molecule is Cc1ccsc1C(=O)NC[C@H](C)N1CCCC1. The van der Waals surface area contributed by atoms with E-state index in [9.17, 15) is 4.79 Å². The van der Waals surface area contributed by atoms with Crippen molar-refractivity contribution in [2.75, 3.05) is 19.6 Å². The molecule has 1 aliphatic heterocycles. The summed E-state index contributed by atoms with van der Waals surface area (Å²) >= 11 is 1.52. The number of hydrogen-bond acceptors (Lipinski definition) is 3. The Kier molecular flexibility index (Phi) is 4.18. The molecule has 1 aromatic heterocycles. The molecule has 94 valence electrons. The minimum absolute atomic E-state index is 0.0727. The molecule has 17 heavy (non-hydrogen) atoms. The highest BCUT2D eigenvalue weighted by Crippen LogP contribution is 2.15. The summed E-state index contributed by atoms with van der Waals surface area (Å²) in [6.45, 7) is 7.27. The molecule has 0 bridgehead atoms. The number of nitrogens with zero attached hydrogens (tertiary/aromatic N) is 1. The Balaban J connectivity index is 1.82. The van der Waals surface area contributed by atoms with Crippen LogP contribution in [0.25, 0.3) is 0 Å². The number of carbonyl (C=O) groups is 1. The Labute approximate surface area is 107 Å². The average Bonchev–Trinajstić information content (AvgIpc) is 2.95. The fourth-order valence-electron chi connectivity index (χ4n) is 2.24. The van der Waals surface area contributed by atoms with Crippen LogP contribution in [0.5, 0.6) is 0 Å². The average molecular weight is 252 g/mol. The summed E-state index contributed by atoms with van der Waals surface area (Å²) in [5, 5.41) is 5.00. The van der Waals surface area contributed by atoms with Crippen molar-refractivity contribution in [2.24, 2.45) is 0 Å². The van der Waals surface area contributed by atoms with E-state index in [1.54, 1.807) is 0 Å². The third-order valence-electron chi connectivity index (χ3n) is 3.39. The zero-order chi connectivity index (χ0) is 12.3. The number of carbonyl (C=O) groups excluding carboxylic acids is 1. The number of hydrogen-bond donors (Lipinski definition) is 1. The molecule has 1 aliphatic rings. The molecule has 2 heterocycles. The van der Waals surface area contributed by atoms with Crippen LogP contribution in [0, 0.1) is 6.92 Å². The van der Waals surface area contributed by atoms with E-state index in [1.165, 1.54) is 37.3 Å². The summed E-state index contributed by atoms with van der Waals surface area (Å²) in [6.07, 6.45) is 2.59. The van der Waals surface area contributed by atoms with Gasteiger partial charge in [-0.3, -0.25) is 9.69 Å². The second-order valence-corrected chi connectivity index (χ2v) is 5.65. The fraction of sp³-hybridized carbons (Fsp3) is 0.615. The molecular formula is C13H20N2OS. The maximum atomic E-state index is 11.9. The van der Waals surface area contributed by atoms with Gasteiger partial charge in [0.2, 0.25) is 0 Å². The van der Waals surface area contributed by atoms with Crippen molar-refractivity contribution >= 4 is 17.2 Å². The van der Waals surface area contributed by atoms with Crippen molar-refractivity contribution in [1.29, 1.82) is 0 Å². The Morgan fingerprint density at radius 2 is 2.24 bits per heavy atom. The van der Waals surface area contributed by atoms with Gasteiger partial charge in [-0.05, 0) is 56.8 Å². The summed E-state index contributed by atoms with van der Waals surface area (Å²) in [6, 6.07) is 2.44. The molecule has 0 spiro atoms. The van der Waals surface area contributed by atoms with Gasteiger partial charge in [-0.1, -0.05) is 0 Å². The van der Waals surface area contributed by atoms with Gasteiger partial charge < -0.3 is 5.32 Å². The first kappa shape index (κ1) is 12.6. The summed E-state index contributed by atoms with van der Waals surface area (Å²) in [5.74, 6) is 0.0727. The lowest BCUT2D eigenvalue weighted by Crippen LogP contribution is -2.40. The fourth-order valence-corrected chi connectivity index (χ4v) is 3.08. The highest BCUT2D eigenvalue weighted by Gasteiger charge is 2.19. The van der Waals surface area contributed by atoms with E-state index in [-0.39, 0.29) is 5.91 Å². The third kappa shape index (κ3) is 3.07. The first-order valence-corrected chi connectivity index (χ1v) is 7.13. The minimum Gasteiger partial charge on any atom is -0.350 e. The van der Waals surface area contributed by atoms with Gasteiger partial charge in [-0.25, -0.2) is 0 Å². The Hall–Kier alpha value is -0.870. The zero-order valence-corrected chi connectivity index (χ0v) is 11.3. The number of nitrogens with one attached hydrogen (secondary N) is 1. The molecule has 0 aliphatic carbocycles. The van der Waals surface area contributed by atoms with Crippen LogP contribution in [0.4, 0.5) is 0 Å². The molecule has 1 N–H and O–H groups in total. The molecule has 0 saturated carbocycles. The lowest BCUT2D eigenvalue weighted by atomic mass is 10.2. The smallest absolute Gasteiger partial charge is 0.261 e. The molecule has 1 saturated heterocycles. The first-order chi connectivity index (χ1) is 8.18. The van der Waals surface area contributed by atoms with E-state index in [2.05, 4.69) is 17.1 Å². The molecule has 1 atom stereocenters. The van der Waals surface area contributed by atoms with Crippen LogP contribution in [-0.2, 0) is 0 Å². The maximum Gasteiger partial charge on any atom is 0.261 e. The summed E-state index contributed by atoms with van der Waals surface area (Å²) < 4.78 is 0. The van der Waals surface area contributed by atoms with E-state index in [0.29, 0.717) is 6.04 Å². The second kappa shape index (κ2) is 5.65. The molecular weight excluding hydrogens is 232 g/mol. The number of rotatable bonds is 4. The zero-order valence-electron chi connectivity index (χ0n) is 10.5.